The van der Waals surface area contributed by atoms with Gasteiger partial charge in [-0.3, -0.25) is 14.9 Å². The number of carbonyl (C=O) groups is 1. The molecule has 2 heterocycles. The number of hydrogen-bond acceptors (Lipinski definition) is 6. The largest absolute Gasteiger partial charge is 0.353 e. The van der Waals surface area contributed by atoms with Crippen molar-refractivity contribution in [3.63, 3.8) is 0 Å². The van der Waals surface area contributed by atoms with Gasteiger partial charge in [-0.25, -0.2) is 4.98 Å². The van der Waals surface area contributed by atoms with Crippen LogP contribution in [0, 0.1) is 10.1 Å². The van der Waals surface area contributed by atoms with Crippen molar-refractivity contribution in [3.05, 3.63) is 28.4 Å². The number of carbonyl (C=O) groups excluding carboxylic acids is 1. The average molecular weight is 293 g/mol. The van der Waals surface area contributed by atoms with Crippen LogP contribution in [0.25, 0.3) is 0 Å². The van der Waals surface area contributed by atoms with Gasteiger partial charge in [-0.2, -0.15) is 0 Å². The lowest BCUT2D eigenvalue weighted by molar-refractivity contribution is -0.385. The summed E-state index contributed by atoms with van der Waals surface area (Å²) in [5.41, 5.74) is -0.0156. The maximum Gasteiger partial charge on any atom is 0.287 e. The van der Waals surface area contributed by atoms with Crippen molar-refractivity contribution in [2.75, 3.05) is 44.2 Å². The molecule has 1 amide bonds. The molecule has 1 aliphatic heterocycles. The zero-order valence-corrected chi connectivity index (χ0v) is 12.0. The van der Waals surface area contributed by atoms with Gasteiger partial charge in [0.05, 0.1) is 11.5 Å². The molecular weight excluding hydrogens is 274 g/mol. The van der Waals surface area contributed by atoms with Crippen LogP contribution in [0.2, 0.25) is 0 Å². The Labute approximate surface area is 122 Å². The SMILES string of the molecule is CCNCC(=O)N1CCN(c2ccc([N+](=O)[O-])cn2)CC1. The van der Waals surface area contributed by atoms with Crippen LogP contribution in [-0.2, 0) is 4.79 Å². The Bertz CT molecular complexity index is 497. The molecule has 0 saturated carbocycles. The van der Waals surface area contributed by atoms with Gasteiger partial charge < -0.3 is 15.1 Å². The molecule has 1 aromatic heterocycles. The second-order valence-electron chi connectivity index (χ2n) is 4.78. The minimum atomic E-state index is -0.464. The van der Waals surface area contributed by atoms with Crippen LogP contribution in [0.15, 0.2) is 18.3 Å². The summed E-state index contributed by atoms with van der Waals surface area (Å²) in [5, 5.41) is 13.6. The molecule has 1 saturated heterocycles. The van der Waals surface area contributed by atoms with Gasteiger partial charge >= 0.3 is 0 Å². The molecule has 114 valence electrons. The highest BCUT2D eigenvalue weighted by molar-refractivity contribution is 5.78. The third-order valence-electron chi connectivity index (χ3n) is 3.43. The standard InChI is InChI=1S/C13H19N5O3/c1-2-14-10-13(19)17-7-5-16(6-8-17)12-4-3-11(9-15-12)18(20)21/h3-4,9,14H,2,5-8,10H2,1H3. The maximum atomic E-state index is 11.9. The summed E-state index contributed by atoms with van der Waals surface area (Å²) in [6, 6.07) is 3.10. The van der Waals surface area contributed by atoms with Gasteiger partial charge in [0.1, 0.15) is 12.0 Å². The summed E-state index contributed by atoms with van der Waals surface area (Å²) in [6.07, 6.45) is 1.26. The minimum absolute atomic E-state index is 0.0156. The summed E-state index contributed by atoms with van der Waals surface area (Å²) in [6.45, 7) is 5.76. The highest BCUT2D eigenvalue weighted by Gasteiger charge is 2.21. The number of pyridine rings is 1. The van der Waals surface area contributed by atoms with E-state index in [0.29, 0.717) is 38.5 Å². The van der Waals surface area contributed by atoms with Crippen LogP contribution < -0.4 is 10.2 Å². The second kappa shape index (κ2) is 6.98. The van der Waals surface area contributed by atoms with Gasteiger partial charge in [-0.15, -0.1) is 0 Å². The molecule has 0 radical (unpaired) electrons. The van der Waals surface area contributed by atoms with Crippen molar-refractivity contribution in [2.45, 2.75) is 6.92 Å². The maximum absolute atomic E-state index is 11.9. The van der Waals surface area contributed by atoms with Crippen molar-refractivity contribution in [1.82, 2.24) is 15.2 Å². The Balaban J connectivity index is 1.88. The van der Waals surface area contributed by atoms with E-state index in [1.165, 1.54) is 12.3 Å². The zero-order valence-electron chi connectivity index (χ0n) is 12.0. The first-order valence-corrected chi connectivity index (χ1v) is 6.95. The average Bonchev–Trinajstić information content (AvgIpc) is 2.53. The van der Waals surface area contributed by atoms with E-state index in [9.17, 15) is 14.9 Å². The van der Waals surface area contributed by atoms with Crippen molar-refractivity contribution < 1.29 is 9.72 Å². The lowest BCUT2D eigenvalue weighted by Gasteiger charge is -2.35. The normalized spacial score (nSPS) is 15.1. The Morgan fingerprint density at radius 3 is 2.62 bits per heavy atom. The van der Waals surface area contributed by atoms with Gasteiger partial charge in [0.25, 0.3) is 5.69 Å². The van der Waals surface area contributed by atoms with Crippen molar-refractivity contribution >= 4 is 17.4 Å². The molecule has 0 unspecified atom stereocenters. The Kier molecular flexibility index (Phi) is 5.04. The van der Waals surface area contributed by atoms with Crippen molar-refractivity contribution in [3.8, 4) is 0 Å². The van der Waals surface area contributed by atoms with Gasteiger partial charge in [0.15, 0.2) is 0 Å². The third kappa shape index (κ3) is 3.88. The number of anilines is 1. The van der Waals surface area contributed by atoms with Crippen LogP contribution in [0.5, 0.6) is 0 Å². The molecule has 8 heteroatoms. The zero-order chi connectivity index (χ0) is 15.2. The smallest absolute Gasteiger partial charge is 0.287 e. The molecule has 2 rings (SSSR count). The highest BCUT2D eigenvalue weighted by atomic mass is 16.6. The summed E-state index contributed by atoms with van der Waals surface area (Å²) in [5.74, 6) is 0.813. The molecule has 0 aromatic carbocycles. The van der Waals surface area contributed by atoms with Gasteiger partial charge in [0, 0.05) is 32.2 Å². The first-order chi connectivity index (χ1) is 10.1. The molecular formula is C13H19N5O3. The molecule has 0 spiro atoms. The van der Waals surface area contributed by atoms with E-state index in [1.54, 1.807) is 6.07 Å². The van der Waals surface area contributed by atoms with Crippen LogP contribution in [0.1, 0.15) is 6.92 Å². The van der Waals surface area contributed by atoms with E-state index < -0.39 is 4.92 Å². The molecule has 21 heavy (non-hydrogen) atoms. The van der Waals surface area contributed by atoms with Crippen molar-refractivity contribution in [1.29, 1.82) is 0 Å². The Morgan fingerprint density at radius 1 is 1.38 bits per heavy atom. The number of rotatable bonds is 5. The molecule has 8 nitrogen and oxygen atoms in total. The quantitative estimate of drug-likeness (QED) is 0.618. The number of nitrogens with zero attached hydrogens (tertiary/aromatic N) is 4. The van der Waals surface area contributed by atoms with E-state index in [2.05, 4.69) is 10.3 Å². The van der Waals surface area contributed by atoms with Crippen LogP contribution in [0.4, 0.5) is 11.5 Å². The number of aromatic nitrogens is 1. The van der Waals surface area contributed by atoms with Crippen LogP contribution in [0.3, 0.4) is 0 Å². The van der Waals surface area contributed by atoms with E-state index in [-0.39, 0.29) is 11.6 Å². The van der Waals surface area contributed by atoms with E-state index in [0.717, 1.165) is 6.54 Å². The summed E-state index contributed by atoms with van der Waals surface area (Å²) in [4.78, 5) is 30.0. The number of nitrogens with one attached hydrogen (secondary N) is 1. The topological polar surface area (TPSA) is 91.6 Å². The predicted octanol–water partition coefficient (Wildman–Crippen LogP) is 0.248. The second-order valence-corrected chi connectivity index (χ2v) is 4.78. The van der Waals surface area contributed by atoms with Crippen LogP contribution >= 0.6 is 0 Å². The molecule has 1 aliphatic rings. The monoisotopic (exact) mass is 293 g/mol. The molecule has 1 N–H and O–H groups in total. The van der Waals surface area contributed by atoms with Gasteiger partial charge in [0.2, 0.25) is 5.91 Å². The van der Waals surface area contributed by atoms with Gasteiger partial charge in [-0.05, 0) is 12.6 Å². The summed E-state index contributed by atoms with van der Waals surface area (Å²) >= 11 is 0. The van der Waals surface area contributed by atoms with E-state index in [1.807, 2.05) is 16.7 Å². The van der Waals surface area contributed by atoms with Crippen LogP contribution in [-0.4, -0.2) is 60.0 Å². The fourth-order valence-electron chi connectivity index (χ4n) is 2.20. The molecule has 1 fully saturated rings. The minimum Gasteiger partial charge on any atom is -0.353 e. The fraction of sp³-hybridized carbons (Fsp3) is 0.538. The van der Waals surface area contributed by atoms with E-state index >= 15 is 0 Å². The molecule has 0 aliphatic carbocycles. The fourth-order valence-corrected chi connectivity index (χ4v) is 2.20. The highest BCUT2D eigenvalue weighted by Crippen LogP contribution is 2.17. The Morgan fingerprint density at radius 2 is 2.10 bits per heavy atom. The predicted molar refractivity (Wildman–Crippen MR) is 78.2 cm³/mol. The number of hydrogen-bond donors (Lipinski definition) is 1. The number of amides is 1. The number of likely N-dealkylation sites (N-methyl/N-ethyl adjacent to an activating group) is 1. The third-order valence-corrected chi connectivity index (χ3v) is 3.43. The Hall–Kier alpha value is -2.22. The van der Waals surface area contributed by atoms with Crippen molar-refractivity contribution in [2.24, 2.45) is 0 Å². The number of piperazine rings is 1. The first kappa shape index (κ1) is 15.2. The molecule has 0 atom stereocenters. The summed E-state index contributed by atoms with van der Waals surface area (Å²) in [7, 11) is 0. The summed E-state index contributed by atoms with van der Waals surface area (Å²) < 4.78 is 0. The first-order valence-electron chi connectivity index (χ1n) is 6.95. The molecule has 1 aromatic rings. The number of nitro groups is 1. The van der Waals surface area contributed by atoms with Gasteiger partial charge in [-0.1, -0.05) is 6.92 Å². The van der Waals surface area contributed by atoms with E-state index in [4.69, 9.17) is 0 Å². The lowest BCUT2D eigenvalue weighted by Crippen LogP contribution is -2.51. The molecule has 0 bridgehead atoms. The lowest BCUT2D eigenvalue weighted by atomic mass is 10.3.